The summed E-state index contributed by atoms with van der Waals surface area (Å²) in [5, 5.41) is 0. The molecule has 0 aromatic heterocycles. The minimum Gasteiger partial charge on any atom is -0.456 e. The third kappa shape index (κ3) is 3.23. The number of carbonyl (C=O) groups excluding carboxylic acids is 1. The van der Waals surface area contributed by atoms with Crippen molar-refractivity contribution in [3.8, 4) is 0 Å². The summed E-state index contributed by atoms with van der Waals surface area (Å²) < 4.78 is 17.8. The Bertz CT molecular complexity index is 383. The van der Waals surface area contributed by atoms with E-state index < -0.39 is 17.4 Å². The number of benzene rings is 1. The molecular formula is C11H14FNO2. The predicted octanol–water partition coefficient (Wildman–Crippen LogP) is 2.36. The van der Waals surface area contributed by atoms with Gasteiger partial charge in [0.2, 0.25) is 0 Å². The number of hydrogen-bond acceptors (Lipinski definition) is 3. The summed E-state index contributed by atoms with van der Waals surface area (Å²) in [5.41, 5.74) is 5.19. The van der Waals surface area contributed by atoms with Gasteiger partial charge in [0.1, 0.15) is 11.4 Å². The molecule has 0 aliphatic carbocycles. The Labute approximate surface area is 88.0 Å². The maximum absolute atomic E-state index is 12.7. The SMILES string of the molecule is CC(C)(C)OC(=O)c1ccc(F)cc1N. The zero-order chi connectivity index (χ0) is 11.6. The molecule has 2 N–H and O–H groups in total. The van der Waals surface area contributed by atoms with E-state index in [2.05, 4.69) is 0 Å². The summed E-state index contributed by atoms with van der Waals surface area (Å²) >= 11 is 0. The Hall–Kier alpha value is -1.58. The van der Waals surface area contributed by atoms with Crippen molar-refractivity contribution in [2.75, 3.05) is 5.73 Å². The first-order valence-corrected chi connectivity index (χ1v) is 4.58. The van der Waals surface area contributed by atoms with Gasteiger partial charge < -0.3 is 10.5 Å². The van der Waals surface area contributed by atoms with Gasteiger partial charge in [-0.3, -0.25) is 0 Å². The summed E-state index contributed by atoms with van der Waals surface area (Å²) in [6.07, 6.45) is 0. The van der Waals surface area contributed by atoms with Crippen molar-refractivity contribution in [3.05, 3.63) is 29.6 Å². The van der Waals surface area contributed by atoms with Crippen LogP contribution >= 0.6 is 0 Å². The van der Waals surface area contributed by atoms with Gasteiger partial charge in [0, 0.05) is 5.69 Å². The van der Waals surface area contributed by atoms with Crippen LogP contribution in [-0.4, -0.2) is 11.6 Å². The molecule has 0 heterocycles. The Balaban J connectivity index is 2.92. The van der Waals surface area contributed by atoms with E-state index in [1.165, 1.54) is 12.1 Å². The van der Waals surface area contributed by atoms with E-state index in [1.807, 2.05) is 0 Å². The molecule has 0 fully saturated rings. The van der Waals surface area contributed by atoms with Gasteiger partial charge in [-0.2, -0.15) is 0 Å². The predicted molar refractivity (Wildman–Crippen MR) is 56.0 cm³/mol. The molecule has 0 unspecified atom stereocenters. The topological polar surface area (TPSA) is 52.3 Å². The number of esters is 1. The second-order valence-electron chi connectivity index (χ2n) is 4.23. The molecule has 0 atom stereocenters. The van der Waals surface area contributed by atoms with Gasteiger partial charge >= 0.3 is 5.97 Å². The molecule has 0 amide bonds. The van der Waals surface area contributed by atoms with Crippen LogP contribution in [0.5, 0.6) is 0 Å². The van der Waals surface area contributed by atoms with Crippen molar-refractivity contribution >= 4 is 11.7 Å². The molecule has 1 rings (SSSR count). The molecule has 0 aliphatic heterocycles. The van der Waals surface area contributed by atoms with Gasteiger partial charge in [-0.15, -0.1) is 0 Å². The fourth-order valence-electron chi connectivity index (χ4n) is 1.05. The average Bonchev–Trinajstić information content (AvgIpc) is 1.99. The zero-order valence-electron chi connectivity index (χ0n) is 9.00. The molecule has 0 bridgehead atoms. The van der Waals surface area contributed by atoms with E-state index >= 15 is 0 Å². The summed E-state index contributed by atoms with van der Waals surface area (Å²) in [4.78, 5) is 11.6. The monoisotopic (exact) mass is 211 g/mol. The zero-order valence-corrected chi connectivity index (χ0v) is 9.00. The number of ether oxygens (including phenoxy) is 1. The number of nitrogen functional groups attached to an aromatic ring is 1. The Morgan fingerprint density at radius 2 is 2.00 bits per heavy atom. The number of halogens is 1. The first-order valence-electron chi connectivity index (χ1n) is 4.58. The first kappa shape index (κ1) is 11.5. The van der Waals surface area contributed by atoms with Crippen LogP contribution in [0, 0.1) is 5.82 Å². The second kappa shape index (κ2) is 3.88. The smallest absolute Gasteiger partial charge is 0.340 e. The molecule has 0 radical (unpaired) electrons. The lowest BCUT2D eigenvalue weighted by atomic mass is 10.1. The van der Waals surface area contributed by atoms with Crippen LogP contribution in [-0.2, 0) is 4.74 Å². The van der Waals surface area contributed by atoms with Gasteiger partial charge in [0.05, 0.1) is 5.56 Å². The number of rotatable bonds is 1. The van der Waals surface area contributed by atoms with Crippen LogP contribution in [0.1, 0.15) is 31.1 Å². The van der Waals surface area contributed by atoms with Crippen molar-refractivity contribution in [1.82, 2.24) is 0 Å². The lowest BCUT2D eigenvalue weighted by Crippen LogP contribution is -2.24. The molecule has 0 saturated heterocycles. The summed E-state index contributed by atoms with van der Waals surface area (Å²) in [6.45, 7) is 5.26. The first-order chi connectivity index (χ1) is 6.79. The fraction of sp³-hybridized carbons (Fsp3) is 0.364. The van der Waals surface area contributed by atoms with E-state index in [9.17, 15) is 9.18 Å². The molecule has 15 heavy (non-hydrogen) atoms. The van der Waals surface area contributed by atoms with Gasteiger partial charge in [-0.25, -0.2) is 9.18 Å². The van der Waals surface area contributed by atoms with Gasteiger partial charge in [-0.05, 0) is 39.0 Å². The highest BCUT2D eigenvalue weighted by molar-refractivity contribution is 5.95. The molecule has 82 valence electrons. The van der Waals surface area contributed by atoms with Crippen molar-refractivity contribution in [1.29, 1.82) is 0 Å². The molecule has 1 aromatic rings. The van der Waals surface area contributed by atoms with Crippen molar-refractivity contribution in [3.63, 3.8) is 0 Å². The maximum Gasteiger partial charge on any atom is 0.340 e. The van der Waals surface area contributed by atoms with E-state index in [0.29, 0.717) is 0 Å². The van der Waals surface area contributed by atoms with Crippen molar-refractivity contribution < 1.29 is 13.9 Å². The fourth-order valence-corrected chi connectivity index (χ4v) is 1.05. The summed E-state index contributed by atoms with van der Waals surface area (Å²) in [6, 6.07) is 3.59. The van der Waals surface area contributed by atoms with Gasteiger partial charge in [-0.1, -0.05) is 0 Å². The Morgan fingerprint density at radius 1 is 1.40 bits per heavy atom. The van der Waals surface area contributed by atoms with Crippen molar-refractivity contribution in [2.24, 2.45) is 0 Å². The van der Waals surface area contributed by atoms with Gasteiger partial charge in [0.25, 0.3) is 0 Å². The Morgan fingerprint density at radius 3 is 2.47 bits per heavy atom. The summed E-state index contributed by atoms with van der Waals surface area (Å²) in [5.74, 6) is -1.01. The third-order valence-corrected chi connectivity index (χ3v) is 1.63. The molecule has 0 spiro atoms. The van der Waals surface area contributed by atoms with Crippen LogP contribution in [0.25, 0.3) is 0 Å². The number of carbonyl (C=O) groups is 1. The second-order valence-corrected chi connectivity index (χ2v) is 4.23. The molecule has 4 heteroatoms. The highest BCUT2D eigenvalue weighted by atomic mass is 19.1. The van der Waals surface area contributed by atoms with E-state index in [4.69, 9.17) is 10.5 Å². The number of anilines is 1. The quantitative estimate of drug-likeness (QED) is 0.573. The number of hydrogen-bond donors (Lipinski definition) is 1. The lowest BCUT2D eigenvalue weighted by Gasteiger charge is -2.19. The summed E-state index contributed by atoms with van der Waals surface area (Å²) in [7, 11) is 0. The standard InChI is InChI=1S/C11H14FNO2/c1-11(2,3)15-10(14)8-5-4-7(12)6-9(8)13/h4-6H,13H2,1-3H3. The van der Waals surface area contributed by atoms with Crippen LogP contribution in [0.4, 0.5) is 10.1 Å². The molecular weight excluding hydrogens is 197 g/mol. The molecule has 1 aromatic carbocycles. The van der Waals surface area contributed by atoms with Gasteiger partial charge in [0.15, 0.2) is 0 Å². The largest absolute Gasteiger partial charge is 0.456 e. The minimum absolute atomic E-state index is 0.0873. The maximum atomic E-state index is 12.7. The lowest BCUT2D eigenvalue weighted by molar-refractivity contribution is 0.00708. The van der Waals surface area contributed by atoms with E-state index in [-0.39, 0.29) is 11.3 Å². The molecule has 0 aliphatic rings. The van der Waals surface area contributed by atoms with Crippen molar-refractivity contribution in [2.45, 2.75) is 26.4 Å². The minimum atomic E-state index is -0.585. The van der Waals surface area contributed by atoms with Crippen LogP contribution in [0.15, 0.2) is 18.2 Å². The van der Waals surface area contributed by atoms with Crippen LogP contribution in [0.3, 0.4) is 0 Å². The van der Waals surface area contributed by atoms with E-state index in [0.717, 1.165) is 6.07 Å². The highest BCUT2D eigenvalue weighted by Gasteiger charge is 2.19. The average molecular weight is 211 g/mol. The molecule has 3 nitrogen and oxygen atoms in total. The Kier molecular flexibility index (Phi) is 2.98. The van der Waals surface area contributed by atoms with Crippen LogP contribution < -0.4 is 5.73 Å². The third-order valence-electron chi connectivity index (χ3n) is 1.63. The van der Waals surface area contributed by atoms with Crippen LogP contribution in [0.2, 0.25) is 0 Å². The molecule has 0 saturated carbocycles. The normalized spacial score (nSPS) is 11.2. The number of nitrogens with two attached hydrogens (primary N) is 1. The van der Waals surface area contributed by atoms with E-state index in [1.54, 1.807) is 20.8 Å². The highest BCUT2D eigenvalue weighted by Crippen LogP contribution is 2.18.